The molecule has 13 atom stereocenters. The summed E-state index contributed by atoms with van der Waals surface area (Å²) in [5, 5.41) is 11.4. The number of aliphatic hydroxyl groups excluding tert-OH is 1. The molecule has 58 heavy (non-hydrogen) atoms. The summed E-state index contributed by atoms with van der Waals surface area (Å²) in [5.74, 6) is -5.24. The van der Waals surface area contributed by atoms with Crippen LogP contribution in [-0.2, 0) is 44.6 Å². The number of aryl methyl sites for hydroxylation is 1. The number of fused-ring (bicyclic) bond motifs is 1. The van der Waals surface area contributed by atoms with Gasteiger partial charge in [-0.1, -0.05) is 27.4 Å². The predicted molar refractivity (Wildman–Crippen MR) is 214 cm³/mol. The number of ketones is 2. The molecule has 3 saturated heterocycles. The number of Topliss-reactive ketones (excluding diaryl/α,β-unsaturated/α-hetero) is 2. The average Bonchev–Trinajstić information content (AvgIpc) is 3.78. The largest absolute Gasteiger partial charge is 0.453 e. The number of nitrogens with zero attached hydrogens (tertiary/aromatic N) is 5. The Morgan fingerprint density at radius 1 is 1.05 bits per heavy atom. The molecular formula is C43H63N5O10. The molecule has 0 radical (unpaired) electrons. The van der Waals surface area contributed by atoms with E-state index in [9.17, 15) is 24.3 Å². The lowest BCUT2D eigenvalue weighted by Crippen LogP contribution is -2.60. The number of imidazole rings is 1. The Morgan fingerprint density at radius 3 is 2.40 bits per heavy atom. The third-order valence-electron chi connectivity index (χ3n) is 12.6. The molecule has 0 aromatic carbocycles. The van der Waals surface area contributed by atoms with E-state index in [1.54, 1.807) is 58.2 Å². The number of carbonyl (C=O) groups excluding carboxylic acids is 4. The van der Waals surface area contributed by atoms with E-state index >= 15 is 0 Å². The minimum absolute atomic E-state index is 0.109. The van der Waals surface area contributed by atoms with Gasteiger partial charge in [-0.15, -0.1) is 0 Å². The smallest absolute Gasteiger partial charge is 0.410 e. The molecule has 3 aliphatic rings. The van der Waals surface area contributed by atoms with Crippen molar-refractivity contribution in [1.29, 1.82) is 0 Å². The maximum Gasteiger partial charge on any atom is 0.410 e. The second kappa shape index (κ2) is 18.5. The van der Waals surface area contributed by atoms with Gasteiger partial charge < -0.3 is 43.2 Å². The van der Waals surface area contributed by atoms with Crippen LogP contribution in [0.25, 0.3) is 11.3 Å². The van der Waals surface area contributed by atoms with Gasteiger partial charge in [-0.25, -0.2) is 9.78 Å². The molecule has 0 spiro atoms. The fourth-order valence-electron chi connectivity index (χ4n) is 9.18. The first kappa shape index (κ1) is 45.1. The van der Waals surface area contributed by atoms with Gasteiger partial charge >= 0.3 is 12.1 Å². The van der Waals surface area contributed by atoms with Crippen molar-refractivity contribution in [3.63, 3.8) is 0 Å². The number of aromatic nitrogens is 3. The SMILES string of the molecule is C=C[C@H]1OC(=O)[C@H](C)C(=O)[C@H](C)[C@@H](O[C@@H]2O[C@H](C)C[C@H](N(C)C)[C@H]2O)[C@](C)(OC)C[C@@H](C)C(=O)[C@H](C)[C@H]2N(CCCCn3cnc(-c4cccnc4)c3)C(=O)O[C@]12C. The summed E-state index contributed by atoms with van der Waals surface area (Å²) >= 11 is 0. The first-order chi connectivity index (χ1) is 27.4. The minimum Gasteiger partial charge on any atom is -0.453 e. The Bertz CT molecular complexity index is 1770. The van der Waals surface area contributed by atoms with E-state index in [1.165, 1.54) is 20.1 Å². The second-order valence-electron chi connectivity index (χ2n) is 17.1. The number of unbranched alkanes of at least 4 members (excludes halogenated alkanes) is 1. The maximum absolute atomic E-state index is 14.7. The first-order valence-electron chi connectivity index (χ1n) is 20.4. The molecule has 0 bridgehead atoms. The van der Waals surface area contributed by atoms with Crippen LogP contribution in [0.1, 0.15) is 74.1 Å². The molecule has 320 valence electrons. The lowest BCUT2D eigenvalue weighted by molar-refractivity contribution is -0.295. The molecule has 5 rings (SSSR count). The van der Waals surface area contributed by atoms with Crippen molar-refractivity contribution in [2.45, 2.75) is 135 Å². The summed E-state index contributed by atoms with van der Waals surface area (Å²) in [5.41, 5.74) is -1.09. The zero-order valence-electron chi connectivity index (χ0n) is 35.7. The zero-order valence-corrected chi connectivity index (χ0v) is 35.7. The van der Waals surface area contributed by atoms with E-state index in [0.717, 1.165) is 11.3 Å². The third kappa shape index (κ3) is 9.23. The number of rotatable bonds is 11. The molecule has 3 aliphatic heterocycles. The number of ether oxygens (including phenoxy) is 5. The number of hydrogen-bond donors (Lipinski definition) is 1. The van der Waals surface area contributed by atoms with E-state index in [0.29, 0.717) is 25.8 Å². The van der Waals surface area contributed by atoms with E-state index in [4.69, 9.17) is 23.7 Å². The number of cyclic esters (lactones) is 1. The molecule has 15 heteroatoms. The summed E-state index contributed by atoms with van der Waals surface area (Å²) in [6.45, 7) is 16.8. The van der Waals surface area contributed by atoms with Crippen LogP contribution in [0.5, 0.6) is 0 Å². The van der Waals surface area contributed by atoms with Crippen molar-refractivity contribution in [1.82, 2.24) is 24.3 Å². The van der Waals surface area contributed by atoms with Gasteiger partial charge in [-0.2, -0.15) is 0 Å². The van der Waals surface area contributed by atoms with Gasteiger partial charge in [-0.3, -0.25) is 19.4 Å². The molecule has 2 aromatic rings. The molecule has 1 amide bonds. The summed E-state index contributed by atoms with van der Waals surface area (Å²) in [7, 11) is 5.22. The van der Waals surface area contributed by atoms with E-state index in [1.807, 2.05) is 48.8 Å². The lowest BCUT2D eigenvalue weighted by atomic mass is 9.73. The summed E-state index contributed by atoms with van der Waals surface area (Å²) in [4.78, 5) is 68.8. The van der Waals surface area contributed by atoms with E-state index in [2.05, 4.69) is 16.5 Å². The Morgan fingerprint density at radius 2 is 1.76 bits per heavy atom. The number of amides is 1. The highest BCUT2D eigenvalue weighted by molar-refractivity contribution is 6.00. The minimum atomic E-state index is -1.52. The van der Waals surface area contributed by atoms with Crippen molar-refractivity contribution in [3.05, 3.63) is 49.7 Å². The number of hydrogen-bond acceptors (Lipinski definition) is 13. The highest BCUT2D eigenvalue weighted by Crippen LogP contribution is 2.43. The average molecular weight is 810 g/mol. The van der Waals surface area contributed by atoms with Gasteiger partial charge in [0.2, 0.25) is 0 Å². The molecular weight excluding hydrogens is 746 g/mol. The molecule has 3 fully saturated rings. The highest BCUT2D eigenvalue weighted by Gasteiger charge is 2.60. The third-order valence-corrected chi connectivity index (χ3v) is 12.6. The Kier molecular flexibility index (Phi) is 14.4. The summed E-state index contributed by atoms with van der Waals surface area (Å²) in [6.07, 6.45) is 5.12. The van der Waals surface area contributed by atoms with Crippen LogP contribution in [0.4, 0.5) is 4.79 Å². The van der Waals surface area contributed by atoms with Crippen molar-refractivity contribution in [2.24, 2.45) is 23.7 Å². The normalized spacial score (nSPS) is 36.6. The summed E-state index contributed by atoms with van der Waals surface area (Å²) in [6, 6.07) is 2.65. The standard InChI is InChI=1S/C43H63N5O10/c1-12-33-43(8)37(48(41(53)58-43)19-14-13-18-47-23-31(45-24-47)30-16-15-17-44-22-30)27(4)34(49)25(2)21-42(7,54-11)38(28(5)35(50)29(6)39(52)56-33)57-40-36(51)32(46(9)10)20-26(3)55-40/h12,15-17,22-29,32-33,36-38,40,51H,1,13-14,18-21H2,2-11H3/t25-,26-,27+,28+,29-,32+,33-,36-,37-,38-,40+,42-,43-/m1/s1. The van der Waals surface area contributed by atoms with Gasteiger partial charge in [0, 0.05) is 68.1 Å². The van der Waals surface area contributed by atoms with Crippen molar-refractivity contribution < 1.29 is 48.0 Å². The van der Waals surface area contributed by atoms with E-state index < -0.39 is 83.4 Å². The molecule has 0 unspecified atom stereocenters. The lowest BCUT2D eigenvalue weighted by Gasteiger charge is -2.47. The number of aliphatic hydroxyl groups is 1. The number of pyridine rings is 1. The fourth-order valence-corrected chi connectivity index (χ4v) is 9.18. The number of methoxy groups -OCH3 is 1. The van der Waals surface area contributed by atoms with Crippen LogP contribution in [0.3, 0.4) is 0 Å². The Hall–Kier alpha value is -4.02. The van der Waals surface area contributed by atoms with Crippen molar-refractivity contribution in [3.8, 4) is 11.3 Å². The number of esters is 1. The molecule has 0 aliphatic carbocycles. The molecule has 15 nitrogen and oxygen atoms in total. The van der Waals surface area contributed by atoms with E-state index in [-0.39, 0.29) is 30.9 Å². The van der Waals surface area contributed by atoms with Gasteiger partial charge in [0.05, 0.1) is 35.9 Å². The Balaban J connectivity index is 1.44. The Labute approximate surface area is 342 Å². The monoisotopic (exact) mass is 809 g/mol. The number of likely N-dealkylation sites (N-methyl/N-ethyl adjacent to an activating group) is 1. The molecule has 2 aromatic heterocycles. The van der Waals surface area contributed by atoms with Gasteiger partial charge in [0.25, 0.3) is 0 Å². The van der Waals surface area contributed by atoms with Crippen molar-refractivity contribution >= 4 is 23.6 Å². The first-order valence-corrected chi connectivity index (χ1v) is 20.4. The fraction of sp³-hybridized carbons (Fsp3) is 0.674. The predicted octanol–water partition coefficient (Wildman–Crippen LogP) is 4.71. The van der Waals surface area contributed by atoms with Gasteiger partial charge in [-0.05, 0) is 85.7 Å². The quantitative estimate of drug-likeness (QED) is 0.143. The molecule has 0 saturated carbocycles. The second-order valence-corrected chi connectivity index (χ2v) is 17.1. The van der Waals surface area contributed by atoms with Crippen LogP contribution in [0.2, 0.25) is 0 Å². The molecule has 5 heterocycles. The summed E-state index contributed by atoms with van der Waals surface area (Å²) < 4.78 is 33.0. The van der Waals surface area contributed by atoms with Crippen LogP contribution in [-0.4, -0.2) is 135 Å². The van der Waals surface area contributed by atoms with Gasteiger partial charge in [0.1, 0.15) is 17.8 Å². The van der Waals surface area contributed by atoms with Crippen LogP contribution < -0.4 is 0 Å². The highest BCUT2D eigenvalue weighted by atomic mass is 16.7. The zero-order chi connectivity index (χ0) is 42.7. The topological polar surface area (TPSA) is 172 Å². The molecule has 1 N–H and O–H groups in total. The van der Waals surface area contributed by atoms with Crippen LogP contribution in [0.15, 0.2) is 49.7 Å². The van der Waals surface area contributed by atoms with Crippen molar-refractivity contribution in [2.75, 3.05) is 27.7 Å². The van der Waals surface area contributed by atoms with Gasteiger partial charge in [0.15, 0.2) is 23.8 Å². The maximum atomic E-state index is 14.7. The van der Waals surface area contributed by atoms with Crippen LogP contribution >= 0.6 is 0 Å². The van der Waals surface area contributed by atoms with Crippen LogP contribution in [0, 0.1) is 23.7 Å². The number of carbonyl (C=O) groups is 4.